The van der Waals surface area contributed by atoms with Crippen LogP contribution in [0.1, 0.15) is 10.5 Å². The number of hydrogen-bond donors (Lipinski definition) is 1. The number of nitrogens with zero attached hydrogens (tertiary/aromatic N) is 3. The Kier molecular flexibility index (Phi) is 5.37. The van der Waals surface area contributed by atoms with Crippen molar-refractivity contribution in [2.45, 2.75) is 0 Å². The van der Waals surface area contributed by atoms with E-state index in [1.165, 1.54) is 18.2 Å². The highest BCUT2D eigenvalue weighted by atomic mass is 19.1. The molecule has 5 nitrogen and oxygen atoms in total. The summed E-state index contributed by atoms with van der Waals surface area (Å²) in [6, 6.07) is 16.3. The van der Waals surface area contributed by atoms with Gasteiger partial charge in [-0.25, -0.2) is 8.78 Å². The van der Waals surface area contributed by atoms with Crippen LogP contribution in [0.4, 0.5) is 25.8 Å². The first-order valence-corrected chi connectivity index (χ1v) is 9.38. The van der Waals surface area contributed by atoms with Crippen LogP contribution in [0.5, 0.6) is 0 Å². The number of carbonyl (C=O) groups is 1. The number of halogens is 2. The zero-order valence-corrected chi connectivity index (χ0v) is 15.7. The van der Waals surface area contributed by atoms with Crippen molar-refractivity contribution in [3.05, 3.63) is 84.2 Å². The number of amides is 1. The van der Waals surface area contributed by atoms with Gasteiger partial charge in [-0.2, -0.15) is 0 Å². The van der Waals surface area contributed by atoms with E-state index in [-0.39, 0.29) is 17.2 Å². The Bertz CT molecular complexity index is 1020. The van der Waals surface area contributed by atoms with Crippen molar-refractivity contribution in [2.75, 3.05) is 41.3 Å². The average Bonchev–Trinajstić information content (AvgIpc) is 2.76. The Balaban J connectivity index is 1.44. The highest BCUT2D eigenvalue weighted by molar-refractivity contribution is 6.03. The molecule has 0 atom stereocenters. The van der Waals surface area contributed by atoms with Gasteiger partial charge in [0.05, 0.1) is 11.4 Å². The number of benzene rings is 2. The molecule has 0 spiro atoms. The van der Waals surface area contributed by atoms with Crippen molar-refractivity contribution in [3.8, 4) is 0 Å². The van der Waals surface area contributed by atoms with E-state index in [9.17, 15) is 13.6 Å². The van der Waals surface area contributed by atoms with Crippen molar-refractivity contribution < 1.29 is 13.6 Å². The van der Waals surface area contributed by atoms with Crippen LogP contribution in [0.3, 0.4) is 0 Å². The second-order valence-electron chi connectivity index (χ2n) is 6.76. The summed E-state index contributed by atoms with van der Waals surface area (Å²) in [6.07, 6.45) is 1.56. The largest absolute Gasteiger partial charge is 0.368 e. The van der Waals surface area contributed by atoms with Gasteiger partial charge in [-0.3, -0.25) is 9.78 Å². The molecule has 1 N–H and O–H groups in total. The minimum Gasteiger partial charge on any atom is -0.368 e. The predicted molar refractivity (Wildman–Crippen MR) is 109 cm³/mol. The lowest BCUT2D eigenvalue weighted by Crippen LogP contribution is -2.46. The second kappa shape index (κ2) is 8.26. The molecule has 0 aliphatic carbocycles. The number of piperazine rings is 1. The molecule has 0 saturated carbocycles. The molecule has 148 valence electrons. The molecule has 2 aromatic carbocycles. The van der Waals surface area contributed by atoms with E-state index in [0.717, 1.165) is 5.69 Å². The third kappa shape index (κ3) is 4.18. The Morgan fingerprint density at radius 2 is 1.52 bits per heavy atom. The van der Waals surface area contributed by atoms with E-state index < -0.39 is 11.7 Å². The van der Waals surface area contributed by atoms with Crippen molar-refractivity contribution in [2.24, 2.45) is 0 Å². The summed E-state index contributed by atoms with van der Waals surface area (Å²) >= 11 is 0. The van der Waals surface area contributed by atoms with E-state index in [0.29, 0.717) is 31.9 Å². The van der Waals surface area contributed by atoms with Crippen molar-refractivity contribution in [1.29, 1.82) is 0 Å². The fourth-order valence-corrected chi connectivity index (χ4v) is 3.40. The van der Waals surface area contributed by atoms with Gasteiger partial charge in [0.25, 0.3) is 5.91 Å². The Morgan fingerprint density at radius 1 is 0.862 bits per heavy atom. The molecule has 1 saturated heterocycles. The molecular formula is C22H20F2N4O. The number of pyridine rings is 1. The van der Waals surface area contributed by atoms with E-state index in [2.05, 4.69) is 15.2 Å². The second-order valence-corrected chi connectivity index (χ2v) is 6.76. The molecule has 29 heavy (non-hydrogen) atoms. The topological polar surface area (TPSA) is 48.5 Å². The summed E-state index contributed by atoms with van der Waals surface area (Å²) in [7, 11) is 0. The maximum atomic E-state index is 14.0. The Hall–Kier alpha value is -3.48. The smallest absolute Gasteiger partial charge is 0.274 e. The number of aromatic nitrogens is 1. The van der Waals surface area contributed by atoms with Gasteiger partial charge >= 0.3 is 0 Å². The van der Waals surface area contributed by atoms with Gasteiger partial charge < -0.3 is 15.1 Å². The maximum absolute atomic E-state index is 14.0. The van der Waals surface area contributed by atoms with Gasteiger partial charge in [0.2, 0.25) is 0 Å². The van der Waals surface area contributed by atoms with Crippen LogP contribution >= 0.6 is 0 Å². The van der Waals surface area contributed by atoms with E-state index in [1.807, 2.05) is 17.0 Å². The van der Waals surface area contributed by atoms with Crippen LogP contribution in [0.25, 0.3) is 0 Å². The summed E-state index contributed by atoms with van der Waals surface area (Å²) in [5, 5.41) is 2.55. The summed E-state index contributed by atoms with van der Waals surface area (Å²) in [4.78, 5) is 20.7. The fraction of sp³-hybridized carbons (Fsp3) is 0.182. The Morgan fingerprint density at radius 3 is 2.24 bits per heavy atom. The molecular weight excluding hydrogens is 374 g/mol. The van der Waals surface area contributed by atoms with E-state index in [4.69, 9.17) is 0 Å². The van der Waals surface area contributed by atoms with Gasteiger partial charge in [-0.05, 0) is 36.4 Å². The highest BCUT2D eigenvalue weighted by Gasteiger charge is 2.20. The summed E-state index contributed by atoms with van der Waals surface area (Å²) < 4.78 is 27.8. The lowest BCUT2D eigenvalue weighted by Gasteiger charge is -2.37. The lowest BCUT2D eigenvalue weighted by atomic mass is 10.2. The predicted octanol–water partition coefficient (Wildman–Crippen LogP) is 3.94. The first-order valence-electron chi connectivity index (χ1n) is 9.38. The number of carbonyl (C=O) groups excluding carboxylic acids is 1. The third-order valence-electron chi connectivity index (χ3n) is 4.94. The fourth-order valence-electron chi connectivity index (χ4n) is 3.40. The van der Waals surface area contributed by atoms with Crippen LogP contribution in [-0.4, -0.2) is 37.1 Å². The lowest BCUT2D eigenvalue weighted by molar-refractivity contribution is 0.102. The quantitative estimate of drug-likeness (QED) is 0.728. The molecule has 1 aliphatic rings. The van der Waals surface area contributed by atoms with Gasteiger partial charge in [-0.1, -0.05) is 24.3 Å². The highest BCUT2D eigenvalue weighted by Crippen LogP contribution is 2.23. The zero-order valence-electron chi connectivity index (χ0n) is 15.7. The molecule has 1 fully saturated rings. The Labute approximate surface area is 167 Å². The van der Waals surface area contributed by atoms with E-state index in [1.54, 1.807) is 36.5 Å². The number of nitrogens with one attached hydrogen (secondary N) is 1. The number of hydrogen-bond acceptors (Lipinski definition) is 4. The van der Waals surface area contributed by atoms with Crippen molar-refractivity contribution in [3.63, 3.8) is 0 Å². The number of para-hydroxylation sites is 2. The molecule has 1 aliphatic heterocycles. The van der Waals surface area contributed by atoms with Crippen LogP contribution in [0, 0.1) is 11.6 Å². The molecule has 0 radical (unpaired) electrons. The van der Waals surface area contributed by atoms with Crippen molar-refractivity contribution in [1.82, 2.24) is 4.98 Å². The number of rotatable bonds is 4. The van der Waals surface area contributed by atoms with Crippen LogP contribution < -0.4 is 15.1 Å². The SMILES string of the molecule is O=C(Nc1ccccc1F)c1cc(N2CCN(c3ccccc3F)CC2)ccn1. The van der Waals surface area contributed by atoms with Gasteiger partial charge in [0.15, 0.2) is 0 Å². The molecule has 0 unspecified atom stereocenters. The molecule has 7 heteroatoms. The molecule has 0 bridgehead atoms. The first kappa shape index (κ1) is 18.9. The molecule has 2 heterocycles. The van der Waals surface area contributed by atoms with E-state index >= 15 is 0 Å². The van der Waals surface area contributed by atoms with Crippen molar-refractivity contribution >= 4 is 23.0 Å². The minimum atomic E-state index is -0.499. The standard InChI is InChI=1S/C22H20F2N4O/c23-17-5-1-3-7-19(17)26-22(29)20-15-16(9-10-25-20)27-11-13-28(14-12-27)21-8-4-2-6-18(21)24/h1-10,15H,11-14H2,(H,26,29). The zero-order chi connectivity index (χ0) is 20.2. The van der Waals surface area contributed by atoms with Crippen LogP contribution in [-0.2, 0) is 0 Å². The molecule has 1 aromatic heterocycles. The average molecular weight is 394 g/mol. The van der Waals surface area contributed by atoms with Crippen LogP contribution in [0.15, 0.2) is 66.9 Å². The summed E-state index contributed by atoms with van der Waals surface area (Å²) in [6.45, 7) is 2.71. The minimum absolute atomic E-state index is 0.114. The maximum Gasteiger partial charge on any atom is 0.274 e. The molecule has 4 rings (SSSR count). The monoisotopic (exact) mass is 394 g/mol. The number of anilines is 3. The van der Waals surface area contributed by atoms with Gasteiger partial charge in [-0.15, -0.1) is 0 Å². The normalized spacial score (nSPS) is 14.0. The van der Waals surface area contributed by atoms with Gasteiger partial charge in [0.1, 0.15) is 17.3 Å². The third-order valence-corrected chi connectivity index (χ3v) is 4.94. The van der Waals surface area contributed by atoms with Gasteiger partial charge in [0, 0.05) is 38.1 Å². The summed E-state index contributed by atoms with van der Waals surface area (Å²) in [5.74, 6) is -1.19. The molecule has 1 amide bonds. The summed E-state index contributed by atoms with van der Waals surface area (Å²) in [5.41, 5.74) is 1.78. The van der Waals surface area contributed by atoms with Crippen LogP contribution in [0.2, 0.25) is 0 Å². The molecule has 3 aromatic rings. The first-order chi connectivity index (χ1) is 14.1.